The second-order valence-corrected chi connectivity index (χ2v) is 6.25. The van der Waals surface area contributed by atoms with Crippen molar-refractivity contribution in [1.82, 2.24) is 14.7 Å². The zero-order valence-corrected chi connectivity index (χ0v) is 14.6. The molecule has 0 N–H and O–H groups in total. The highest BCUT2D eigenvalue weighted by Crippen LogP contribution is 2.16. The maximum Gasteiger partial charge on any atom is 0.279 e. The summed E-state index contributed by atoms with van der Waals surface area (Å²) >= 11 is 0. The average molecular weight is 321 g/mol. The molecule has 1 unspecified atom stereocenters. The first kappa shape index (κ1) is 17.7. The molecule has 1 fully saturated rings. The molecule has 1 amide bonds. The molecule has 6 nitrogen and oxygen atoms in total. The third kappa shape index (κ3) is 3.99. The van der Waals surface area contributed by atoms with E-state index < -0.39 is 0 Å². The van der Waals surface area contributed by atoms with Crippen LogP contribution in [0.5, 0.6) is 0 Å². The standard InChI is InChI=1S/C17H27N3O3/c1-5-9-20(11-14-8-6-7-10-23-14)17(22)15-12(2)13(3)18-19(4)16(15)21/h14H,5-11H2,1-4H3. The van der Waals surface area contributed by atoms with Crippen LogP contribution in [0, 0.1) is 13.8 Å². The first-order chi connectivity index (χ1) is 11.0. The van der Waals surface area contributed by atoms with Crippen LogP contribution in [0.1, 0.15) is 54.2 Å². The zero-order valence-electron chi connectivity index (χ0n) is 14.6. The van der Waals surface area contributed by atoms with Crippen LogP contribution < -0.4 is 5.56 Å². The Kier molecular flexibility index (Phi) is 5.93. The quantitative estimate of drug-likeness (QED) is 0.830. The predicted octanol–water partition coefficient (Wildman–Crippen LogP) is 1.82. The lowest BCUT2D eigenvalue weighted by Crippen LogP contribution is -2.43. The third-order valence-corrected chi connectivity index (χ3v) is 4.42. The summed E-state index contributed by atoms with van der Waals surface area (Å²) in [5, 5.41) is 4.15. The number of aromatic nitrogens is 2. The second-order valence-electron chi connectivity index (χ2n) is 6.25. The van der Waals surface area contributed by atoms with Crippen molar-refractivity contribution < 1.29 is 9.53 Å². The number of ether oxygens (including phenoxy) is 1. The van der Waals surface area contributed by atoms with Gasteiger partial charge in [0.1, 0.15) is 5.56 Å². The van der Waals surface area contributed by atoms with Gasteiger partial charge in [-0.2, -0.15) is 5.10 Å². The molecule has 1 aliphatic rings. The van der Waals surface area contributed by atoms with E-state index in [2.05, 4.69) is 5.10 Å². The summed E-state index contributed by atoms with van der Waals surface area (Å²) in [6.07, 6.45) is 4.11. The molecule has 0 aromatic carbocycles. The summed E-state index contributed by atoms with van der Waals surface area (Å²) in [4.78, 5) is 27.2. The van der Waals surface area contributed by atoms with E-state index in [0.29, 0.717) is 24.3 Å². The van der Waals surface area contributed by atoms with E-state index >= 15 is 0 Å². The van der Waals surface area contributed by atoms with E-state index in [1.807, 2.05) is 13.8 Å². The van der Waals surface area contributed by atoms with E-state index in [9.17, 15) is 9.59 Å². The predicted molar refractivity (Wildman–Crippen MR) is 88.7 cm³/mol. The van der Waals surface area contributed by atoms with Gasteiger partial charge in [0.15, 0.2) is 0 Å². The Bertz CT molecular complexity index is 618. The summed E-state index contributed by atoms with van der Waals surface area (Å²) in [6, 6.07) is 0. The number of nitrogens with zero attached hydrogens (tertiary/aromatic N) is 3. The first-order valence-corrected chi connectivity index (χ1v) is 8.41. The van der Waals surface area contributed by atoms with E-state index in [0.717, 1.165) is 32.3 Å². The van der Waals surface area contributed by atoms with Gasteiger partial charge in [-0.1, -0.05) is 6.92 Å². The third-order valence-electron chi connectivity index (χ3n) is 4.42. The normalized spacial score (nSPS) is 18.0. The number of aryl methyl sites for hydroxylation is 2. The minimum absolute atomic E-state index is 0.0753. The van der Waals surface area contributed by atoms with E-state index in [-0.39, 0.29) is 23.1 Å². The molecule has 0 radical (unpaired) electrons. The number of amides is 1. The van der Waals surface area contributed by atoms with Crippen molar-refractivity contribution in [1.29, 1.82) is 0 Å². The number of hydrogen-bond acceptors (Lipinski definition) is 4. The molecular weight excluding hydrogens is 294 g/mol. The average Bonchev–Trinajstić information content (AvgIpc) is 2.54. The topological polar surface area (TPSA) is 64.4 Å². The molecule has 2 heterocycles. The van der Waals surface area contributed by atoms with Crippen molar-refractivity contribution in [3.8, 4) is 0 Å². The lowest BCUT2D eigenvalue weighted by molar-refractivity contribution is -0.00391. The molecule has 0 bridgehead atoms. The molecule has 6 heteroatoms. The molecular formula is C17H27N3O3. The smallest absolute Gasteiger partial charge is 0.279 e. The van der Waals surface area contributed by atoms with Gasteiger partial charge in [0, 0.05) is 26.7 Å². The Hall–Kier alpha value is -1.69. The Balaban J connectivity index is 2.29. The molecule has 0 spiro atoms. The second kappa shape index (κ2) is 7.73. The van der Waals surface area contributed by atoms with Crippen LogP contribution in [0.4, 0.5) is 0 Å². The number of rotatable bonds is 5. The van der Waals surface area contributed by atoms with Crippen LogP contribution in [0.25, 0.3) is 0 Å². The van der Waals surface area contributed by atoms with Gasteiger partial charge in [-0.15, -0.1) is 0 Å². The van der Waals surface area contributed by atoms with Gasteiger partial charge in [0.25, 0.3) is 11.5 Å². The van der Waals surface area contributed by atoms with Crippen LogP contribution in [-0.4, -0.2) is 46.4 Å². The van der Waals surface area contributed by atoms with Gasteiger partial charge in [-0.25, -0.2) is 4.68 Å². The van der Waals surface area contributed by atoms with Crippen molar-refractivity contribution in [3.63, 3.8) is 0 Å². The van der Waals surface area contributed by atoms with Crippen molar-refractivity contribution in [2.24, 2.45) is 7.05 Å². The van der Waals surface area contributed by atoms with Gasteiger partial charge < -0.3 is 9.64 Å². The highest BCUT2D eigenvalue weighted by molar-refractivity contribution is 5.95. The van der Waals surface area contributed by atoms with Crippen molar-refractivity contribution in [3.05, 3.63) is 27.2 Å². The van der Waals surface area contributed by atoms with Gasteiger partial charge in [-0.3, -0.25) is 9.59 Å². The molecule has 2 rings (SSSR count). The first-order valence-electron chi connectivity index (χ1n) is 8.41. The van der Waals surface area contributed by atoms with Crippen molar-refractivity contribution in [2.75, 3.05) is 19.7 Å². The highest BCUT2D eigenvalue weighted by atomic mass is 16.5. The lowest BCUT2D eigenvalue weighted by Gasteiger charge is -2.30. The Morgan fingerprint density at radius 1 is 1.39 bits per heavy atom. The fourth-order valence-corrected chi connectivity index (χ4v) is 3.00. The lowest BCUT2D eigenvalue weighted by atomic mass is 10.1. The molecule has 0 aliphatic carbocycles. The van der Waals surface area contributed by atoms with Crippen LogP contribution in [-0.2, 0) is 11.8 Å². The zero-order chi connectivity index (χ0) is 17.0. The van der Waals surface area contributed by atoms with Crippen LogP contribution in [0.15, 0.2) is 4.79 Å². The van der Waals surface area contributed by atoms with Crippen molar-refractivity contribution >= 4 is 5.91 Å². The van der Waals surface area contributed by atoms with Gasteiger partial charge in [0.05, 0.1) is 11.8 Å². The minimum Gasteiger partial charge on any atom is -0.376 e. The molecule has 0 saturated carbocycles. The SMILES string of the molecule is CCCN(CC1CCCCO1)C(=O)c1c(C)c(C)nn(C)c1=O. The summed E-state index contributed by atoms with van der Waals surface area (Å²) < 4.78 is 7.01. The molecule has 23 heavy (non-hydrogen) atoms. The van der Waals surface area contributed by atoms with Crippen LogP contribution in [0.3, 0.4) is 0 Å². The van der Waals surface area contributed by atoms with Crippen LogP contribution >= 0.6 is 0 Å². The number of hydrogen-bond donors (Lipinski definition) is 0. The van der Waals surface area contributed by atoms with Gasteiger partial charge in [-0.05, 0) is 45.1 Å². The van der Waals surface area contributed by atoms with Crippen molar-refractivity contribution in [2.45, 2.75) is 52.6 Å². The molecule has 1 aliphatic heterocycles. The molecule has 1 aromatic rings. The summed E-state index contributed by atoms with van der Waals surface area (Å²) in [6.45, 7) is 7.58. The van der Waals surface area contributed by atoms with E-state index in [1.54, 1.807) is 18.9 Å². The molecule has 128 valence electrons. The maximum atomic E-state index is 13.0. The fourth-order valence-electron chi connectivity index (χ4n) is 3.00. The number of carbonyl (C=O) groups excluding carboxylic acids is 1. The maximum absolute atomic E-state index is 13.0. The summed E-state index contributed by atoms with van der Waals surface area (Å²) in [5.41, 5.74) is 1.29. The molecule has 1 saturated heterocycles. The Morgan fingerprint density at radius 2 is 2.13 bits per heavy atom. The van der Waals surface area contributed by atoms with Gasteiger partial charge >= 0.3 is 0 Å². The molecule has 1 aromatic heterocycles. The number of carbonyl (C=O) groups is 1. The highest BCUT2D eigenvalue weighted by Gasteiger charge is 2.26. The fraction of sp³-hybridized carbons (Fsp3) is 0.706. The monoisotopic (exact) mass is 321 g/mol. The summed E-state index contributed by atoms with van der Waals surface area (Å²) in [7, 11) is 1.58. The van der Waals surface area contributed by atoms with Gasteiger partial charge in [0.2, 0.25) is 0 Å². The molecule has 1 atom stereocenters. The summed E-state index contributed by atoms with van der Waals surface area (Å²) in [5.74, 6) is -0.204. The van der Waals surface area contributed by atoms with E-state index in [1.165, 1.54) is 4.68 Å². The minimum atomic E-state index is -0.330. The van der Waals surface area contributed by atoms with Crippen LogP contribution in [0.2, 0.25) is 0 Å². The Morgan fingerprint density at radius 3 is 2.74 bits per heavy atom. The van der Waals surface area contributed by atoms with E-state index in [4.69, 9.17) is 4.74 Å². The largest absolute Gasteiger partial charge is 0.376 e. The Labute approximate surface area is 137 Å².